The quantitative estimate of drug-likeness (QED) is 0.807. The van der Waals surface area contributed by atoms with Gasteiger partial charge in [0.2, 0.25) is 0 Å². The number of rotatable bonds is 4. The van der Waals surface area contributed by atoms with Crippen LogP contribution >= 0.6 is 23.2 Å². The predicted molar refractivity (Wildman–Crippen MR) is 81.7 cm³/mol. The molecule has 1 aromatic carbocycles. The van der Waals surface area contributed by atoms with E-state index in [1.807, 2.05) is 0 Å². The minimum absolute atomic E-state index is 0.0139. The third-order valence-corrected chi connectivity index (χ3v) is 3.30. The molecule has 0 bridgehead atoms. The van der Waals surface area contributed by atoms with Crippen LogP contribution in [0.1, 0.15) is 11.7 Å². The molecule has 2 rings (SSSR count). The van der Waals surface area contributed by atoms with Crippen molar-refractivity contribution in [3.63, 3.8) is 0 Å². The van der Waals surface area contributed by atoms with Crippen LogP contribution in [-0.2, 0) is 7.05 Å². The summed E-state index contributed by atoms with van der Waals surface area (Å²) in [5.74, 6) is 0.425. The number of anilines is 1. The lowest BCUT2D eigenvalue weighted by atomic mass is 10.1. The molecule has 0 aliphatic rings. The van der Waals surface area contributed by atoms with Crippen LogP contribution in [0, 0.1) is 0 Å². The number of benzene rings is 1. The maximum Gasteiger partial charge on any atom is 0.320 e. The van der Waals surface area contributed by atoms with Crippen LogP contribution in [-0.4, -0.2) is 27.5 Å². The summed E-state index contributed by atoms with van der Waals surface area (Å²) in [6.07, 6.45) is 0.780. The van der Waals surface area contributed by atoms with Gasteiger partial charge in [0.25, 0.3) is 0 Å². The lowest BCUT2D eigenvalue weighted by Gasteiger charge is -2.14. The van der Waals surface area contributed by atoms with E-state index in [0.717, 1.165) is 0 Å². The normalized spacial score (nSPS) is 12.0. The van der Waals surface area contributed by atoms with Gasteiger partial charge in [0.05, 0.1) is 6.10 Å². The number of amides is 2. The van der Waals surface area contributed by atoms with Crippen molar-refractivity contribution in [2.24, 2.45) is 7.05 Å². The topological polar surface area (TPSA) is 79.2 Å². The van der Waals surface area contributed by atoms with Crippen molar-refractivity contribution in [2.75, 3.05) is 11.9 Å². The zero-order chi connectivity index (χ0) is 15.4. The van der Waals surface area contributed by atoms with Gasteiger partial charge >= 0.3 is 6.03 Å². The second-order valence-corrected chi connectivity index (χ2v) is 5.23. The highest BCUT2D eigenvalue weighted by molar-refractivity contribution is 6.35. The first-order valence-corrected chi connectivity index (χ1v) is 6.89. The maximum absolute atomic E-state index is 11.7. The molecule has 2 amide bonds. The third kappa shape index (κ3) is 4.35. The molecule has 1 heterocycles. The van der Waals surface area contributed by atoms with E-state index in [2.05, 4.69) is 15.7 Å². The Balaban J connectivity index is 1.88. The fourth-order valence-electron chi connectivity index (χ4n) is 1.71. The fourth-order valence-corrected chi connectivity index (χ4v) is 2.25. The second-order valence-electron chi connectivity index (χ2n) is 4.39. The van der Waals surface area contributed by atoms with Crippen molar-refractivity contribution in [2.45, 2.75) is 6.10 Å². The van der Waals surface area contributed by atoms with Crippen molar-refractivity contribution < 1.29 is 9.90 Å². The fraction of sp³-hybridized carbons (Fsp3) is 0.231. The highest BCUT2D eigenvalue weighted by atomic mass is 35.5. The van der Waals surface area contributed by atoms with Gasteiger partial charge in [0.1, 0.15) is 0 Å². The molecule has 112 valence electrons. The average Bonchev–Trinajstić information content (AvgIpc) is 2.81. The molecule has 1 atom stereocenters. The largest absolute Gasteiger partial charge is 0.387 e. The van der Waals surface area contributed by atoms with E-state index < -0.39 is 12.1 Å². The molecule has 0 aliphatic carbocycles. The smallest absolute Gasteiger partial charge is 0.320 e. The van der Waals surface area contributed by atoms with Crippen molar-refractivity contribution >= 4 is 35.1 Å². The minimum Gasteiger partial charge on any atom is -0.387 e. The molecule has 21 heavy (non-hydrogen) atoms. The number of hydrogen-bond donors (Lipinski definition) is 3. The van der Waals surface area contributed by atoms with Gasteiger partial charge < -0.3 is 10.4 Å². The summed E-state index contributed by atoms with van der Waals surface area (Å²) in [6.45, 7) is 0.0139. The number of urea groups is 1. The number of nitrogens with one attached hydrogen (secondary N) is 2. The van der Waals surface area contributed by atoms with Gasteiger partial charge in [-0.3, -0.25) is 10.00 Å². The number of nitrogens with zero attached hydrogens (tertiary/aromatic N) is 2. The van der Waals surface area contributed by atoms with Gasteiger partial charge in [0.15, 0.2) is 5.82 Å². The highest BCUT2D eigenvalue weighted by Gasteiger charge is 2.13. The van der Waals surface area contributed by atoms with Crippen molar-refractivity contribution in [3.05, 3.63) is 46.1 Å². The van der Waals surface area contributed by atoms with Crippen LogP contribution in [0.15, 0.2) is 30.5 Å². The molecule has 1 unspecified atom stereocenters. The Kier molecular flexibility index (Phi) is 5.06. The zero-order valence-electron chi connectivity index (χ0n) is 11.2. The number of hydrogen-bond acceptors (Lipinski definition) is 3. The standard InChI is InChI=1S/C13H14Cl2N4O2/c1-19-5-4-12(18-19)17-13(21)16-7-11(20)9-3-2-8(14)6-10(9)15/h2-6,11,20H,7H2,1H3,(H2,16,17,18,21). The van der Waals surface area contributed by atoms with Gasteiger partial charge in [0, 0.05) is 41.5 Å². The van der Waals surface area contributed by atoms with Crippen LogP contribution in [0.5, 0.6) is 0 Å². The van der Waals surface area contributed by atoms with E-state index >= 15 is 0 Å². The van der Waals surface area contributed by atoms with Crippen LogP contribution < -0.4 is 10.6 Å². The molecule has 0 fully saturated rings. The summed E-state index contributed by atoms with van der Waals surface area (Å²) in [5.41, 5.74) is 0.499. The number of carbonyl (C=O) groups excluding carboxylic acids is 1. The molecule has 6 nitrogen and oxygen atoms in total. The Hall–Kier alpha value is -1.76. The molecular weight excluding hydrogens is 315 g/mol. The predicted octanol–water partition coefficient (Wildman–Crippen LogP) is 2.58. The number of halogens is 2. The first-order valence-electron chi connectivity index (χ1n) is 6.13. The summed E-state index contributed by atoms with van der Waals surface area (Å²) >= 11 is 11.8. The van der Waals surface area contributed by atoms with Crippen molar-refractivity contribution in [1.82, 2.24) is 15.1 Å². The van der Waals surface area contributed by atoms with E-state index in [9.17, 15) is 9.90 Å². The Labute approximate surface area is 131 Å². The highest BCUT2D eigenvalue weighted by Crippen LogP contribution is 2.25. The molecular formula is C13H14Cl2N4O2. The molecule has 2 aromatic rings. The molecule has 0 aliphatic heterocycles. The average molecular weight is 329 g/mol. The molecule has 0 saturated heterocycles. The van der Waals surface area contributed by atoms with E-state index in [-0.39, 0.29) is 6.54 Å². The van der Waals surface area contributed by atoms with E-state index in [4.69, 9.17) is 23.2 Å². The van der Waals surface area contributed by atoms with Crippen LogP contribution in [0.4, 0.5) is 10.6 Å². The summed E-state index contributed by atoms with van der Waals surface area (Å²) in [5, 5.41) is 19.9. The van der Waals surface area contributed by atoms with Crippen LogP contribution in [0.3, 0.4) is 0 Å². The summed E-state index contributed by atoms with van der Waals surface area (Å²) < 4.78 is 1.57. The molecule has 0 saturated carbocycles. The summed E-state index contributed by atoms with van der Waals surface area (Å²) in [4.78, 5) is 11.7. The molecule has 1 aromatic heterocycles. The molecule has 0 spiro atoms. The van der Waals surface area contributed by atoms with Gasteiger partial charge in [-0.1, -0.05) is 29.3 Å². The van der Waals surface area contributed by atoms with Crippen molar-refractivity contribution in [3.8, 4) is 0 Å². The van der Waals surface area contributed by atoms with Gasteiger partial charge in [-0.15, -0.1) is 0 Å². The van der Waals surface area contributed by atoms with Gasteiger partial charge in [-0.05, 0) is 12.1 Å². The van der Waals surface area contributed by atoms with E-state index in [0.29, 0.717) is 21.4 Å². The second kappa shape index (κ2) is 6.80. The number of carbonyl (C=O) groups is 1. The van der Waals surface area contributed by atoms with Crippen LogP contribution in [0.25, 0.3) is 0 Å². The Morgan fingerprint density at radius 1 is 1.43 bits per heavy atom. The van der Waals surface area contributed by atoms with Crippen LogP contribution in [0.2, 0.25) is 10.0 Å². The van der Waals surface area contributed by atoms with E-state index in [1.165, 1.54) is 6.07 Å². The lowest BCUT2D eigenvalue weighted by Crippen LogP contribution is -2.32. The Morgan fingerprint density at radius 3 is 2.81 bits per heavy atom. The number of aliphatic hydroxyl groups excluding tert-OH is 1. The zero-order valence-corrected chi connectivity index (χ0v) is 12.7. The van der Waals surface area contributed by atoms with Crippen molar-refractivity contribution in [1.29, 1.82) is 0 Å². The Bertz CT molecular complexity index is 645. The Morgan fingerprint density at radius 2 is 2.19 bits per heavy atom. The monoisotopic (exact) mass is 328 g/mol. The van der Waals surface area contributed by atoms with Gasteiger partial charge in [-0.25, -0.2) is 4.79 Å². The van der Waals surface area contributed by atoms with E-state index in [1.54, 1.807) is 36.1 Å². The first kappa shape index (κ1) is 15.6. The lowest BCUT2D eigenvalue weighted by molar-refractivity contribution is 0.175. The SMILES string of the molecule is Cn1ccc(NC(=O)NCC(O)c2ccc(Cl)cc2Cl)n1. The molecule has 8 heteroatoms. The summed E-state index contributed by atoms with van der Waals surface area (Å²) in [7, 11) is 1.75. The maximum atomic E-state index is 11.7. The number of aryl methyl sites for hydroxylation is 1. The number of aromatic nitrogens is 2. The number of aliphatic hydroxyl groups is 1. The third-order valence-electron chi connectivity index (χ3n) is 2.73. The minimum atomic E-state index is -0.927. The molecule has 0 radical (unpaired) electrons. The first-order chi connectivity index (χ1) is 9.95. The molecule has 3 N–H and O–H groups in total. The van der Waals surface area contributed by atoms with Gasteiger partial charge in [-0.2, -0.15) is 5.10 Å². The summed E-state index contributed by atoms with van der Waals surface area (Å²) in [6, 6.07) is 5.98.